The molecule has 0 saturated heterocycles. The first kappa shape index (κ1) is 32.9. The first-order chi connectivity index (χ1) is 18.4. The molecule has 0 N–H and O–H groups in total. The van der Waals surface area contributed by atoms with Crippen LogP contribution in [-0.2, 0) is 59.5 Å². The van der Waals surface area contributed by atoms with Gasteiger partial charge in [0.25, 0.3) is 0 Å². The molecule has 0 radical (unpaired) electrons. The molecular formula is C31H39F3O3S2. The molecule has 0 aliphatic carbocycles. The minimum atomic E-state index is -6.09. The van der Waals surface area contributed by atoms with Crippen molar-refractivity contribution >= 4 is 21.0 Å². The second kappa shape index (κ2) is 14.4. The molecule has 0 heterocycles. The van der Waals surface area contributed by atoms with Crippen LogP contribution < -0.4 is 0 Å². The van der Waals surface area contributed by atoms with Crippen LogP contribution in [0.25, 0.3) is 0 Å². The average molecular weight is 581 g/mol. The lowest BCUT2D eigenvalue weighted by molar-refractivity contribution is -0.0517. The predicted octanol–water partition coefficient (Wildman–Crippen LogP) is 8.21. The molecule has 214 valence electrons. The molecule has 8 heteroatoms. The van der Waals surface area contributed by atoms with Gasteiger partial charge in [-0.25, -0.2) is 8.42 Å². The van der Waals surface area contributed by atoms with E-state index in [0.29, 0.717) is 0 Å². The van der Waals surface area contributed by atoms with E-state index < -0.39 is 15.6 Å². The maximum Gasteiger partial charge on any atom is 0.485 e. The zero-order valence-corrected chi connectivity index (χ0v) is 25.2. The molecular weight excluding hydrogens is 541 g/mol. The third-order valence-corrected chi connectivity index (χ3v) is 9.79. The quantitative estimate of drug-likeness (QED) is 0.146. The van der Waals surface area contributed by atoms with Gasteiger partial charge in [0.2, 0.25) is 0 Å². The van der Waals surface area contributed by atoms with Crippen LogP contribution in [0.3, 0.4) is 0 Å². The van der Waals surface area contributed by atoms with Crippen molar-refractivity contribution in [1.82, 2.24) is 0 Å². The Morgan fingerprint density at radius 2 is 0.949 bits per heavy atom. The van der Waals surface area contributed by atoms with Gasteiger partial charge < -0.3 is 4.55 Å². The fourth-order valence-electron chi connectivity index (χ4n) is 4.53. The molecule has 0 fully saturated rings. The van der Waals surface area contributed by atoms with E-state index in [-0.39, 0.29) is 10.9 Å². The van der Waals surface area contributed by atoms with E-state index in [1.807, 2.05) is 0 Å². The summed E-state index contributed by atoms with van der Waals surface area (Å²) in [5.41, 5.74) is 3.44. The summed E-state index contributed by atoms with van der Waals surface area (Å²) < 4.78 is 58.9. The Balaban J connectivity index is 0.000000580. The molecule has 0 atom stereocenters. The van der Waals surface area contributed by atoms with E-state index in [1.54, 1.807) is 9.79 Å². The van der Waals surface area contributed by atoms with Crippen LogP contribution in [0, 0.1) is 0 Å². The number of hydrogen-bond donors (Lipinski definition) is 0. The van der Waals surface area contributed by atoms with Crippen LogP contribution in [0.5, 0.6) is 0 Å². The number of hydrogen-bond acceptors (Lipinski definition) is 3. The lowest BCUT2D eigenvalue weighted by atomic mass is 10.0. The van der Waals surface area contributed by atoms with Crippen molar-refractivity contribution in [3.63, 3.8) is 0 Å². The van der Waals surface area contributed by atoms with Gasteiger partial charge in [0, 0.05) is 22.3 Å². The number of alkyl halides is 3. The summed E-state index contributed by atoms with van der Waals surface area (Å²) in [6.07, 6.45) is 6.55. The highest BCUT2D eigenvalue weighted by atomic mass is 32.2. The van der Waals surface area contributed by atoms with E-state index in [2.05, 4.69) is 96.1 Å². The number of benzene rings is 3. The Morgan fingerprint density at radius 3 is 1.18 bits per heavy atom. The van der Waals surface area contributed by atoms with Gasteiger partial charge in [0.15, 0.2) is 24.8 Å². The SMILES string of the molecule is CCc1cc(CC)c([S+](c2ccccc2)c2c(CC)cc(CC)cc2CC)c(CC)c1.O=S(=O)([O-])C(F)(F)F. The van der Waals surface area contributed by atoms with Crippen molar-refractivity contribution in [2.45, 2.75) is 100 Å². The zero-order valence-electron chi connectivity index (χ0n) is 23.6. The van der Waals surface area contributed by atoms with Crippen LogP contribution in [0.4, 0.5) is 13.2 Å². The van der Waals surface area contributed by atoms with Gasteiger partial charge in [-0.15, -0.1) is 0 Å². The van der Waals surface area contributed by atoms with Crippen LogP contribution in [0.1, 0.15) is 74.9 Å². The molecule has 3 nitrogen and oxygen atoms in total. The number of halogens is 3. The Labute approximate surface area is 235 Å². The number of rotatable bonds is 9. The fraction of sp³-hybridized carbons (Fsp3) is 0.419. The first-order valence-electron chi connectivity index (χ1n) is 13.5. The highest BCUT2D eigenvalue weighted by molar-refractivity contribution is 7.97. The van der Waals surface area contributed by atoms with Crippen LogP contribution >= 0.6 is 0 Å². The van der Waals surface area contributed by atoms with Crippen LogP contribution in [0.2, 0.25) is 0 Å². The second-order valence-electron chi connectivity index (χ2n) is 9.13. The minimum absolute atomic E-state index is 0.0809. The fourth-order valence-corrected chi connectivity index (χ4v) is 7.50. The van der Waals surface area contributed by atoms with E-state index in [4.69, 9.17) is 13.0 Å². The molecule has 3 rings (SSSR count). The lowest BCUT2D eigenvalue weighted by Gasteiger charge is -2.20. The molecule has 3 aromatic carbocycles. The van der Waals surface area contributed by atoms with Gasteiger partial charge in [0.05, 0.1) is 0 Å². The molecule has 0 aliphatic rings. The standard InChI is InChI=1S/C30H39S.CHF3O3S/c1-7-22-18-24(9-3)29(25(10-4)19-22)31(28-16-14-13-15-17-28)30-26(11-5)20-23(8-2)21-27(30)12-6;2-1(3,4)8(5,6)7/h13-21H,7-12H2,1-6H3;(H,5,6,7)/q+1;/p-1. The molecule has 0 unspecified atom stereocenters. The van der Waals surface area contributed by atoms with Gasteiger partial charge >= 0.3 is 5.51 Å². The maximum atomic E-state index is 10.7. The van der Waals surface area contributed by atoms with Crippen molar-refractivity contribution < 1.29 is 26.1 Å². The van der Waals surface area contributed by atoms with Crippen LogP contribution in [0.15, 0.2) is 69.3 Å². The average Bonchev–Trinajstić information content (AvgIpc) is 2.92. The summed E-state index contributed by atoms with van der Waals surface area (Å²) in [5, 5.41) is 0. The van der Waals surface area contributed by atoms with E-state index in [0.717, 1.165) is 38.5 Å². The monoisotopic (exact) mass is 580 g/mol. The normalized spacial score (nSPS) is 11.9. The summed E-state index contributed by atoms with van der Waals surface area (Å²) in [6, 6.07) is 21.2. The maximum absolute atomic E-state index is 10.7. The largest absolute Gasteiger partial charge is 0.741 e. The molecule has 0 aromatic heterocycles. The second-order valence-corrected chi connectivity index (χ2v) is 12.4. The van der Waals surface area contributed by atoms with Gasteiger partial charge in [-0.1, -0.05) is 84.0 Å². The van der Waals surface area contributed by atoms with Gasteiger partial charge in [0.1, 0.15) is 10.9 Å². The predicted molar refractivity (Wildman–Crippen MR) is 154 cm³/mol. The third kappa shape index (κ3) is 8.12. The minimum Gasteiger partial charge on any atom is -0.741 e. The molecule has 0 spiro atoms. The summed E-state index contributed by atoms with van der Waals surface area (Å²) in [4.78, 5) is 4.62. The summed E-state index contributed by atoms with van der Waals surface area (Å²) in [7, 11) is -6.17. The molecule has 3 aromatic rings. The van der Waals surface area contributed by atoms with E-state index >= 15 is 0 Å². The van der Waals surface area contributed by atoms with Gasteiger partial charge in [-0.05, 0) is 61.8 Å². The van der Waals surface area contributed by atoms with Crippen LogP contribution in [-0.4, -0.2) is 18.5 Å². The van der Waals surface area contributed by atoms with Crippen molar-refractivity contribution in [2.75, 3.05) is 0 Å². The van der Waals surface area contributed by atoms with E-state index in [9.17, 15) is 13.2 Å². The highest BCUT2D eigenvalue weighted by Crippen LogP contribution is 2.41. The zero-order chi connectivity index (χ0) is 29.4. The molecule has 0 aliphatic heterocycles. The topological polar surface area (TPSA) is 57.2 Å². The van der Waals surface area contributed by atoms with Gasteiger partial charge in [-0.2, -0.15) is 13.2 Å². The highest BCUT2D eigenvalue weighted by Gasteiger charge is 2.38. The Morgan fingerprint density at radius 1 is 0.641 bits per heavy atom. The first-order valence-corrected chi connectivity index (χ1v) is 16.1. The number of aryl methyl sites for hydroxylation is 6. The molecule has 0 amide bonds. The molecule has 0 bridgehead atoms. The summed E-state index contributed by atoms with van der Waals surface area (Å²) in [6.45, 7) is 13.9. The molecule has 0 saturated carbocycles. The molecule has 39 heavy (non-hydrogen) atoms. The Hall–Kier alpha value is -2.29. The van der Waals surface area contributed by atoms with Crippen molar-refractivity contribution in [3.05, 3.63) is 88.0 Å². The van der Waals surface area contributed by atoms with Gasteiger partial charge in [-0.3, -0.25) is 0 Å². The Bertz CT molecular complexity index is 1220. The van der Waals surface area contributed by atoms with Crippen molar-refractivity contribution in [2.24, 2.45) is 0 Å². The summed E-state index contributed by atoms with van der Waals surface area (Å²) >= 11 is 0. The van der Waals surface area contributed by atoms with Crippen molar-refractivity contribution in [3.8, 4) is 0 Å². The smallest absolute Gasteiger partial charge is 0.485 e. The third-order valence-electron chi connectivity index (χ3n) is 6.62. The Kier molecular flexibility index (Phi) is 12.1. The van der Waals surface area contributed by atoms with Crippen molar-refractivity contribution in [1.29, 1.82) is 0 Å². The lowest BCUT2D eigenvalue weighted by Crippen LogP contribution is -2.21. The van der Waals surface area contributed by atoms with E-state index in [1.165, 1.54) is 38.3 Å². The summed E-state index contributed by atoms with van der Waals surface area (Å²) in [5.74, 6) is 0.